The minimum atomic E-state index is -0.363. The van der Waals surface area contributed by atoms with E-state index in [1.165, 1.54) is 40.1 Å². The maximum Gasteiger partial charge on any atom is 0.235 e. The van der Waals surface area contributed by atoms with Crippen LogP contribution in [0.2, 0.25) is 0 Å². The maximum atomic E-state index is 14.0. The average Bonchev–Trinajstić information content (AvgIpc) is 3.52. The van der Waals surface area contributed by atoms with Gasteiger partial charge in [-0.1, -0.05) is 17.8 Å². The fourth-order valence-electron chi connectivity index (χ4n) is 4.07. The predicted molar refractivity (Wildman–Crippen MR) is 125 cm³/mol. The van der Waals surface area contributed by atoms with E-state index in [-0.39, 0.29) is 17.5 Å². The van der Waals surface area contributed by atoms with E-state index in [4.69, 9.17) is 4.74 Å². The summed E-state index contributed by atoms with van der Waals surface area (Å²) in [7, 11) is 0. The number of thiophene rings is 1. The van der Waals surface area contributed by atoms with E-state index in [9.17, 15) is 14.4 Å². The van der Waals surface area contributed by atoms with Crippen molar-refractivity contribution in [3.63, 3.8) is 0 Å². The molecule has 5 rings (SSSR count). The molecule has 3 aromatic rings. The van der Waals surface area contributed by atoms with Crippen LogP contribution in [0, 0.1) is 17.1 Å². The summed E-state index contributed by atoms with van der Waals surface area (Å²) in [5.41, 5.74) is 2.25. The van der Waals surface area contributed by atoms with Gasteiger partial charge >= 0.3 is 0 Å². The number of ether oxygens (including phenoxy) is 1. The van der Waals surface area contributed by atoms with Crippen LogP contribution in [0.3, 0.4) is 0 Å². The molecule has 33 heavy (non-hydrogen) atoms. The fraction of sp³-hybridized carbons (Fsp3) is 0.364. The van der Waals surface area contributed by atoms with Gasteiger partial charge in [-0.15, -0.1) is 21.5 Å². The Bertz CT molecular complexity index is 1230. The lowest BCUT2D eigenvalue weighted by molar-refractivity contribution is -0.113. The largest absolute Gasteiger partial charge is 0.378 e. The maximum absolute atomic E-state index is 14.0. The number of amides is 1. The quantitative estimate of drug-likeness (QED) is 0.536. The second-order valence-electron chi connectivity index (χ2n) is 7.71. The highest BCUT2D eigenvalue weighted by Crippen LogP contribution is 2.38. The van der Waals surface area contributed by atoms with Crippen LogP contribution in [0.25, 0.3) is 5.69 Å². The monoisotopic (exact) mass is 484 g/mol. The second-order valence-corrected chi connectivity index (χ2v) is 9.76. The van der Waals surface area contributed by atoms with E-state index in [0.29, 0.717) is 53.7 Å². The Morgan fingerprint density at radius 3 is 2.94 bits per heavy atom. The Hall–Kier alpha value is -2.94. The van der Waals surface area contributed by atoms with Gasteiger partial charge in [0.05, 0.1) is 30.2 Å². The number of nitriles is 1. The van der Waals surface area contributed by atoms with E-state index in [0.717, 1.165) is 24.8 Å². The number of nitrogens with zero attached hydrogens (tertiary/aromatic N) is 5. The van der Waals surface area contributed by atoms with Crippen molar-refractivity contribution in [2.45, 2.75) is 24.4 Å². The molecular weight excluding hydrogens is 463 g/mol. The third-order valence-electron chi connectivity index (χ3n) is 5.60. The number of thioether (sulfide) groups is 1. The van der Waals surface area contributed by atoms with Gasteiger partial charge in [-0.3, -0.25) is 9.36 Å². The minimum absolute atomic E-state index is 0.0873. The van der Waals surface area contributed by atoms with E-state index in [1.807, 2.05) is 4.90 Å². The number of aryl methyl sites for hydroxylation is 1. The zero-order valence-corrected chi connectivity index (χ0v) is 19.3. The van der Waals surface area contributed by atoms with Crippen molar-refractivity contribution in [1.82, 2.24) is 14.8 Å². The summed E-state index contributed by atoms with van der Waals surface area (Å²) in [6.07, 6.45) is 2.90. The lowest BCUT2D eigenvalue weighted by Gasteiger charge is -2.27. The number of hydrogen-bond donors (Lipinski definition) is 1. The molecule has 2 aromatic heterocycles. The zero-order valence-electron chi connectivity index (χ0n) is 17.7. The molecule has 170 valence electrons. The Labute approximate surface area is 198 Å². The number of carbonyl (C=O) groups is 1. The van der Waals surface area contributed by atoms with Crippen molar-refractivity contribution in [2.75, 3.05) is 42.3 Å². The summed E-state index contributed by atoms with van der Waals surface area (Å²) >= 11 is 2.71. The molecule has 8 nitrogen and oxygen atoms in total. The van der Waals surface area contributed by atoms with Gasteiger partial charge < -0.3 is 15.0 Å². The number of morpholine rings is 1. The smallest absolute Gasteiger partial charge is 0.235 e. The van der Waals surface area contributed by atoms with Crippen LogP contribution in [0.5, 0.6) is 0 Å². The van der Waals surface area contributed by atoms with Gasteiger partial charge in [0.1, 0.15) is 16.9 Å². The van der Waals surface area contributed by atoms with Crippen molar-refractivity contribution in [3.8, 4) is 11.8 Å². The van der Waals surface area contributed by atoms with Gasteiger partial charge in [-0.2, -0.15) is 5.26 Å². The first-order chi connectivity index (χ1) is 16.1. The Morgan fingerprint density at radius 2 is 2.15 bits per heavy atom. The van der Waals surface area contributed by atoms with E-state index >= 15 is 0 Å². The number of anilines is 2. The normalized spacial score (nSPS) is 15.3. The first-order valence-electron chi connectivity index (χ1n) is 10.7. The topological polar surface area (TPSA) is 96.1 Å². The molecule has 0 radical (unpaired) electrons. The first-order valence-corrected chi connectivity index (χ1v) is 12.5. The van der Waals surface area contributed by atoms with Gasteiger partial charge in [0, 0.05) is 18.0 Å². The number of fused-ring (bicyclic) bond motifs is 1. The molecule has 1 aromatic carbocycles. The molecule has 1 aliphatic heterocycles. The minimum Gasteiger partial charge on any atom is -0.378 e. The summed E-state index contributed by atoms with van der Waals surface area (Å²) in [6.45, 7) is 2.46. The number of hydrogen-bond acceptors (Lipinski definition) is 8. The van der Waals surface area contributed by atoms with Crippen molar-refractivity contribution >= 4 is 40.0 Å². The molecule has 1 saturated heterocycles. The SMILES string of the molecule is N#Cc1c(NC(=O)CSc2nnc(N3CCOCC3)n2-c2cccc(F)c2)sc2c1CCC2. The number of nitrogens with one attached hydrogen (secondary N) is 1. The van der Waals surface area contributed by atoms with Gasteiger partial charge in [0.2, 0.25) is 11.9 Å². The Kier molecular flexibility index (Phi) is 6.30. The number of rotatable bonds is 6. The lowest BCUT2D eigenvalue weighted by atomic mass is 10.1. The number of carbonyl (C=O) groups excluding carboxylic acids is 1. The highest BCUT2D eigenvalue weighted by molar-refractivity contribution is 7.99. The van der Waals surface area contributed by atoms with Crippen molar-refractivity contribution in [3.05, 3.63) is 46.1 Å². The Balaban J connectivity index is 1.36. The van der Waals surface area contributed by atoms with Gasteiger partial charge in [-0.05, 0) is 43.0 Å². The lowest BCUT2D eigenvalue weighted by Crippen LogP contribution is -2.37. The molecule has 0 spiro atoms. The van der Waals surface area contributed by atoms with E-state index < -0.39 is 0 Å². The number of halogens is 1. The molecule has 3 heterocycles. The van der Waals surface area contributed by atoms with Crippen LogP contribution in [-0.2, 0) is 22.4 Å². The molecule has 1 fully saturated rings. The first kappa shape index (κ1) is 21.9. The second kappa shape index (κ2) is 9.51. The van der Waals surface area contributed by atoms with Crippen LogP contribution >= 0.6 is 23.1 Å². The van der Waals surface area contributed by atoms with E-state index in [1.54, 1.807) is 16.7 Å². The molecule has 0 bridgehead atoms. The highest BCUT2D eigenvalue weighted by atomic mass is 32.2. The molecule has 1 aliphatic carbocycles. The standard InChI is InChI=1S/C22H21FN6O2S2/c23-14-3-1-4-15(11-14)29-21(28-7-9-31-10-8-28)26-27-22(29)32-13-19(30)25-20-17(12-24)16-5-2-6-18(16)33-20/h1,3-4,11H,2,5-10,13H2,(H,25,30). The molecule has 1 N–H and O–H groups in total. The highest BCUT2D eigenvalue weighted by Gasteiger charge is 2.25. The summed E-state index contributed by atoms with van der Waals surface area (Å²) in [6, 6.07) is 8.46. The van der Waals surface area contributed by atoms with Crippen molar-refractivity contribution in [1.29, 1.82) is 5.26 Å². The molecule has 2 aliphatic rings. The van der Waals surface area contributed by atoms with Crippen LogP contribution in [0.15, 0.2) is 29.4 Å². The number of benzene rings is 1. The van der Waals surface area contributed by atoms with Crippen LogP contribution < -0.4 is 10.2 Å². The average molecular weight is 485 g/mol. The summed E-state index contributed by atoms with van der Waals surface area (Å²) < 4.78 is 21.2. The van der Waals surface area contributed by atoms with E-state index in [2.05, 4.69) is 21.6 Å². The van der Waals surface area contributed by atoms with Crippen LogP contribution in [-0.4, -0.2) is 52.7 Å². The van der Waals surface area contributed by atoms with Gasteiger partial charge in [-0.25, -0.2) is 4.39 Å². The Morgan fingerprint density at radius 1 is 1.30 bits per heavy atom. The molecule has 0 saturated carbocycles. The molecule has 11 heteroatoms. The van der Waals surface area contributed by atoms with Crippen LogP contribution in [0.1, 0.15) is 22.4 Å². The summed E-state index contributed by atoms with van der Waals surface area (Å²) in [5.74, 6) is 0.0910. The zero-order chi connectivity index (χ0) is 22.8. The molecule has 0 atom stereocenters. The molecule has 0 unspecified atom stereocenters. The third kappa shape index (κ3) is 4.46. The molecular formula is C22H21FN6O2S2. The predicted octanol–water partition coefficient (Wildman–Crippen LogP) is 3.40. The summed E-state index contributed by atoms with van der Waals surface area (Å²) in [4.78, 5) is 15.9. The van der Waals surface area contributed by atoms with Gasteiger partial charge in [0.25, 0.3) is 0 Å². The molecule has 1 amide bonds. The van der Waals surface area contributed by atoms with Crippen molar-refractivity contribution < 1.29 is 13.9 Å². The number of aromatic nitrogens is 3. The fourth-order valence-corrected chi connectivity index (χ4v) is 6.07. The van der Waals surface area contributed by atoms with Crippen molar-refractivity contribution in [2.24, 2.45) is 0 Å². The third-order valence-corrected chi connectivity index (χ3v) is 7.73. The summed E-state index contributed by atoms with van der Waals surface area (Å²) in [5, 5.41) is 22.2. The van der Waals surface area contributed by atoms with Gasteiger partial charge in [0.15, 0.2) is 5.16 Å². The van der Waals surface area contributed by atoms with Crippen LogP contribution in [0.4, 0.5) is 15.3 Å².